The number of aromatic nitrogens is 1. The van der Waals surface area contributed by atoms with Gasteiger partial charge in [-0.1, -0.05) is 24.0 Å². The van der Waals surface area contributed by atoms with E-state index in [2.05, 4.69) is 16.8 Å². The Bertz CT molecular complexity index is 913. The Labute approximate surface area is 166 Å². The zero-order valence-corrected chi connectivity index (χ0v) is 16.8. The van der Waals surface area contributed by atoms with Gasteiger partial charge in [0.05, 0.1) is 18.2 Å². The molecule has 0 saturated heterocycles. The summed E-state index contributed by atoms with van der Waals surface area (Å²) in [7, 11) is 1.61. The maximum atomic E-state index is 12.0. The van der Waals surface area contributed by atoms with Crippen LogP contribution in [-0.2, 0) is 5.54 Å². The van der Waals surface area contributed by atoms with Crippen LogP contribution in [0.3, 0.4) is 0 Å². The first-order valence-corrected chi connectivity index (χ1v) is 9.42. The minimum absolute atomic E-state index is 0.456. The average molecular weight is 378 g/mol. The first-order valence-electron chi connectivity index (χ1n) is 9.42. The molecule has 1 heterocycles. The molecule has 1 aliphatic rings. The summed E-state index contributed by atoms with van der Waals surface area (Å²) in [6, 6.07) is 9.69. The second kappa shape index (κ2) is 7.55. The van der Waals surface area contributed by atoms with Gasteiger partial charge >= 0.3 is 6.09 Å². The van der Waals surface area contributed by atoms with Crippen LogP contribution in [0.1, 0.15) is 56.7 Å². The van der Waals surface area contributed by atoms with Crippen molar-refractivity contribution in [2.45, 2.75) is 51.1 Å². The van der Waals surface area contributed by atoms with E-state index in [-0.39, 0.29) is 0 Å². The summed E-state index contributed by atoms with van der Waals surface area (Å²) in [4.78, 5) is 17.7. The maximum Gasteiger partial charge on any atom is 0.408 e. The molecule has 0 unspecified atom stereocenters. The van der Waals surface area contributed by atoms with Gasteiger partial charge in [0, 0.05) is 23.5 Å². The van der Waals surface area contributed by atoms with Crippen molar-refractivity contribution in [3.05, 3.63) is 59.4 Å². The molecule has 3 rings (SSSR count). The van der Waals surface area contributed by atoms with Crippen LogP contribution in [0, 0.1) is 11.8 Å². The number of nitrogens with zero attached hydrogens (tertiary/aromatic N) is 2. The Morgan fingerprint density at radius 2 is 1.86 bits per heavy atom. The molecular formula is C23H26N2O3. The van der Waals surface area contributed by atoms with Crippen molar-refractivity contribution in [3.8, 4) is 17.6 Å². The number of methoxy groups -OCH3 is 1. The van der Waals surface area contributed by atoms with Crippen molar-refractivity contribution in [1.82, 2.24) is 9.88 Å². The number of hydrogen-bond donors (Lipinski definition) is 1. The van der Waals surface area contributed by atoms with E-state index in [0.717, 1.165) is 36.0 Å². The Morgan fingerprint density at radius 1 is 1.18 bits per heavy atom. The van der Waals surface area contributed by atoms with Gasteiger partial charge in [-0.2, -0.15) is 0 Å². The summed E-state index contributed by atoms with van der Waals surface area (Å²) in [6.07, 6.45) is 5.18. The van der Waals surface area contributed by atoms with Crippen molar-refractivity contribution < 1.29 is 14.6 Å². The van der Waals surface area contributed by atoms with E-state index < -0.39 is 17.2 Å². The summed E-state index contributed by atoms with van der Waals surface area (Å²) in [6.45, 7) is 5.84. The number of amides is 1. The fourth-order valence-corrected chi connectivity index (χ4v) is 3.92. The van der Waals surface area contributed by atoms with Gasteiger partial charge in [0.1, 0.15) is 5.75 Å². The molecule has 1 aromatic heterocycles. The molecule has 146 valence electrons. The Balaban J connectivity index is 1.90. The molecule has 28 heavy (non-hydrogen) atoms. The minimum Gasteiger partial charge on any atom is -0.495 e. The number of carbonyl (C=O) groups is 1. The zero-order chi connectivity index (χ0) is 20.4. The fourth-order valence-electron chi connectivity index (χ4n) is 3.92. The minimum atomic E-state index is -0.875. The lowest BCUT2D eigenvalue weighted by atomic mass is 9.69. The van der Waals surface area contributed by atoms with Gasteiger partial charge in [0.15, 0.2) is 0 Å². The number of ether oxygens (including phenoxy) is 1. The van der Waals surface area contributed by atoms with Crippen LogP contribution in [0.2, 0.25) is 0 Å². The molecule has 1 fully saturated rings. The van der Waals surface area contributed by atoms with Crippen LogP contribution in [0.4, 0.5) is 4.79 Å². The van der Waals surface area contributed by atoms with E-state index in [0.29, 0.717) is 5.75 Å². The van der Waals surface area contributed by atoms with Crippen molar-refractivity contribution in [2.24, 2.45) is 0 Å². The normalized spacial score (nSPS) is 15.0. The summed E-state index contributed by atoms with van der Waals surface area (Å²) in [5.41, 5.74) is 1.70. The van der Waals surface area contributed by atoms with Crippen molar-refractivity contribution in [2.75, 3.05) is 7.11 Å². The van der Waals surface area contributed by atoms with E-state index in [1.54, 1.807) is 30.5 Å². The van der Waals surface area contributed by atoms with Crippen LogP contribution in [0.25, 0.3) is 0 Å². The van der Waals surface area contributed by atoms with E-state index in [4.69, 9.17) is 4.74 Å². The third-order valence-electron chi connectivity index (χ3n) is 5.24. The lowest BCUT2D eigenvalue weighted by molar-refractivity contribution is -0.0328. The largest absolute Gasteiger partial charge is 0.495 e. The molecule has 5 nitrogen and oxygen atoms in total. The maximum absolute atomic E-state index is 12.0. The lowest BCUT2D eigenvalue weighted by Crippen LogP contribution is -2.60. The highest BCUT2D eigenvalue weighted by atomic mass is 16.5. The lowest BCUT2D eigenvalue weighted by Gasteiger charge is -2.54. The summed E-state index contributed by atoms with van der Waals surface area (Å²) >= 11 is 0. The molecule has 1 N–H and O–H groups in total. The van der Waals surface area contributed by atoms with Crippen LogP contribution >= 0.6 is 0 Å². The Hall–Kier alpha value is -3.00. The monoisotopic (exact) mass is 378 g/mol. The SMILES string of the molecule is COc1ccncc1C#Cc1ccc(C2(N(C(=O)O)C(C)(C)C)CCC2)cc1. The first-order chi connectivity index (χ1) is 13.3. The molecule has 1 aliphatic carbocycles. The summed E-state index contributed by atoms with van der Waals surface area (Å²) < 4.78 is 5.30. The van der Waals surface area contributed by atoms with Crippen LogP contribution in [-0.4, -0.2) is 33.7 Å². The van der Waals surface area contributed by atoms with Crippen LogP contribution in [0.5, 0.6) is 5.75 Å². The van der Waals surface area contributed by atoms with E-state index in [1.807, 2.05) is 45.0 Å². The molecule has 1 saturated carbocycles. The van der Waals surface area contributed by atoms with E-state index in [1.165, 1.54) is 0 Å². The third-order valence-corrected chi connectivity index (χ3v) is 5.24. The second-order valence-electron chi connectivity index (χ2n) is 8.08. The van der Waals surface area contributed by atoms with Gasteiger partial charge in [-0.05, 0) is 63.8 Å². The van der Waals surface area contributed by atoms with Gasteiger partial charge in [-0.3, -0.25) is 9.88 Å². The molecule has 2 aromatic rings. The first kappa shape index (κ1) is 19.8. The van der Waals surface area contributed by atoms with Crippen molar-refractivity contribution >= 4 is 6.09 Å². The fraction of sp³-hybridized carbons (Fsp3) is 0.391. The average Bonchev–Trinajstić information content (AvgIpc) is 2.62. The van der Waals surface area contributed by atoms with Crippen molar-refractivity contribution in [3.63, 3.8) is 0 Å². The van der Waals surface area contributed by atoms with E-state index >= 15 is 0 Å². The molecule has 0 aliphatic heterocycles. The molecule has 1 aromatic carbocycles. The quantitative estimate of drug-likeness (QED) is 0.790. The number of pyridine rings is 1. The van der Waals surface area contributed by atoms with Gasteiger partial charge in [0.2, 0.25) is 0 Å². The number of hydrogen-bond acceptors (Lipinski definition) is 3. The Morgan fingerprint density at radius 3 is 2.36 bits per heavy atom. The van der Waals surface area contributed by atoms with Crippen LogP contribution in [0.15, 0.2) is 42.7 Å². The van der Waals surface area contributed by atoms with Gasteiger partial charge in [0.25, 0.3) is 0 Å². The molecule has 0 radical (unpaired) electrons. The van der Waals surface area contributed by atoms with Gasteiger partial charge < -0.3 is 9.84 Å². The second-order valence-corrected chi connectivity index (χ2v) is 8.08. The van der Waals surface area contributed by atoms with Gasteiger partial charge in [-0.25, -0.2) is 4.79 Å². The van der Waals surface area contributed by atoms with Gasteiger partial charge in [-0.15, -0.1) is 0 Å². The number of benzene rings is 1. The summed E-state index contributed by atoms with van der Waals surface area (Å²) in [5.74, 6) is 6.91. The molecule has 1 amide bonds. The van der Waals surface area contributed by atoms with E-state index in [9.17, 15) is 9.90 Å². The smallest absolute Gasteiger partial charge is 0.408 e. The highest BCUT2D eigenvalue weighted by Gasteiger charge is 2.50. The predicted octanol–water partition coefficient (Wildman–Crippen LogP) is 4.65. The predicted molar refractivity (Wildman–Crippen MR) is 108 cm³/mol. The highest BCUT2D eigenvalue weighted by molar-refractivity contribution is 5.68. The molecule has 5 heteroatoms. The zero-order valence-electron chi connectivity index (χ0n) is 16.8. The highest BCUT2D eigenvalue weighted by Crippen LogP contribution is 2.49. The molecular weight excluding hydrogens is 352 g/mol. The molecule has 0 atom stereocenters. The third kappa shape index (κ3) is 3.68. The molecule has 0 spiro atoms. The van der Waals surface area contributed by atoms with Crippen LogP contribution < -0.4 is 4.74 Å². The number of rotatable bonds is 3. The topological polar surface area (TPSA) is 62.7 Å². The molecule has 0 bridgehead atoms. The van der Waals surface area contributed by atoms with Crippen molar-refractivity contribution in [1.29, 1.82) is 0 Å². The Kier molecular flexibility index (Phi) is 5.33. The standard InChI is InChI=1S/C23H26N2O3/c1-22(2,3)25(21(26)27)23(13-5-14-23)19-10-7-17(8-11-19)6-9-18-16-24-15-12-20(18)28-4/h7-8,10-12,15-16H,5,13-14H2,1-4H3,(H,26,27). The number of carboxylic acid groups (broad SMARTS) is 1. The summed E-state index contributed by atoms with van der Waals surface area (Å²) in [5, 5.41) is 9.87.